The Morgan fingerprint density at radius 3 is 2.43 bits per heavy atom. The molecular weight excluding hydrogens is 448 g/mol. The van der Waals surface area contributed by atoms with Crippen LogP contribution in [0.1, 0.15) is 23.6 Å². The van der Waals surface area contributed by atoms with Gasteiger partial charge in [0.2, 0.25) is 0 Å². The Bertz CT molecular complexity index is 1560. The molecule has 10 heteroatoms. The second-order valence-corrected chi connectivity index (χ2v) is 8.39. The largest absolute Gasteiger partial charge is 0.497 e. The Balaban J connectivity index is 1.53. The summed E-state index contributed by atoms with van der Waals surface area (Å²) in [6.07, 6.45) is 1.95. The number of fused-ring (bicyclic) bond motifs is 1. The van der Waals surface area contributed by atoms with Gasteiger partial charge in [-0.2, -0.15) is 5.10 Å². The molecule has 178 valence electrons. The summed E-state index contributed by atoms with van der Waals surface area (Å²) in [5, 5.41) is 6.16. The van der Waals surface area contributed by atoms with Crippen molar-refractivity contribution < 1.29 is 9.53 Å². The third-order valence-electron chi connectivity index (χ3n) is 6.30. The second-order valence-electron chi connectivity index (χ2n) is 8.39. The van der Waals surface area contributed by atoms with E-state index in [-0.39, 0.29) is 29.7 Å². The summed E-state index contributed by atoms with van der Waals surface area (Å²) >= 11 is 0. The zero-order valence-corrected chi connectivity index (χ0v) is 19.6. The van der Waals surface area contributed by atoms with Crippen molar-refractivity contribution in [2.24, 2.45) is 19.2 Å². The van der Waals surface area contributed by atoms with Gasteiger partial charge in [-0.3, -0.25) is 18.7 Å². The minimum Gasteiger partial charge on any atom is -0.497 e. The molecule has 2 aromatic carbocycles. The van der Waals surface area contributed by atoms with E-state index < -0.39 is 11.2 Å². The lowest BCUT2D eigenvalue weighted by atomic mass is 9.98. The van der Waals surface area contributed by atoms with Crippen molar-refractivity contribution in [1.29, 1.82) is 0 Å². The van der Waals surface area contributed by atoms with Crippen molar-refractivity contribution >= 4 is 22.8 Å². The van der Waals surface area contributed by atoms with Crippen molar-refractivity contribution in [2.45, 2.75) is 19.0 Å². The summed E-state index contributed by atoms with van der Waals surface area (Å²) in [7, 11) is 4.55. The highest BCUT2D eigenvalue weighted by Gasteiger charge is 2.33. The summed E-state index contributed by atoms with van der Waals surface area (Å²) in [6.45, 7) is -0.151. The third-order valence-corrected chi connectivity index (χ3v) is 6.30. The molecule has 1 aliphatic heterocycles. The number of aryl methyl sites for hydroxylation is 1. The van der Waals surface area contributed by atoms with Crippen LogP contribution in [0.25, 0.3) is 11.2 Å². The molecule has 3 heterocycles. The lowest BCUT2D eigenvalue weighted by molar-refractivity contribution is -0.133. The van der Waals surface area contributed by atoms with Gasteiger partial charge in [-0.25, -0.2) is 14.8 Å². The molecule has 5 rings (SSSR count). The van der Waals surface area contributed by atoms with Crippen molar-refractivity contribution in [2.75, 3.05) is 7.11 Å². The van der Waals surface area contributed by atoms with Crippen LogP contribution < -0.4 is 16.0 Å². The lowest BCUT2D eigenvalue weighted by Crippen LogP contribution is -2.38. The number of nitrogens with zero attached hydrogens (tertiary/aromatic N) is 6. The highest BCUT2D eigenvalue weighted by molar-refractivity contribution is 6.03. The molecule has 35 heavy (non-hydrogen) atoms. The standard InChI is InChI=1S/C25H24N6O4/c1-28-23-22(24(33)29(2)25(28)34)30(15-26-23)14-21(32)31-20(17-9-11-18(35-3)12-10-17)13-19(27-31)16-7-5-4-6-8-16/h4-12,15,20H,13-14H2,1-3H3/t20-/m0/s1. The molecule has 1 amide bonds. The number of rotatable bonds is 5. The van der Waals surface area contributed by atoms with Crippen LogP contribution >= 0.6 is 0 Å². The van der Waals surface area contributed by atoms with E-state index >= 15 is 0 Å². The maximum atomic E-state index is 13.6. The van der Waals surface area contributed by atoms with Crippen molar-refractivity contribution in [3.63, 3.8) is 0 Å². The van der Waals surface area contributed by atoms with Gasteiger partial charge in [0.25, 0.3) is 11.5 Å². The van der Waals surface area contributed by atoms with Crippen LogP contribution in [-0.4, -0.2) is 42.4 Å². The monoisotopic (exact) mass is 472 g/mol. The maximum absolute atomic E-state index is 13.6. The fraction of sp³-hybridized carbons (Fsp3) is 0.240. The summed E-state index contributed by atoms with van der Waals surface area (Å²) in [4.78, 5) is 42.8. The number of aromatic nitrogens is 4. The number of methoxy groups -OCH3 is 1. The van der Waals surface area contributed by atoms with E-state index in [4.69, 9.17) is 4.74 Å². The predicted molar refractivity (Wildman–Crippen MR) is 130 cm³/mol. The van der Waals surface area contributed by atoms with Gasteiger partial charge in [-0.15, -0.1) is 0 Å². The van der Waals surface area contributed by atoms with Crippen LogP contribution in [-0.2, 0) is 25.4 Å². The fourth-order valence-electron chi connectivity index (χ4n) is 4.37. The Kier molecular flexibility index (Phi) is 5.56. The summed E-state index contributed by atoms with van der Waals surface area (Å²) < 4.78 is 9.04. The molecular formula is C25H24N6O4. The topological polar surface area (TPSA) is 104 Å². The van der Waals surface area contributed by atoms with Gasteiger partial charge < -0.3 is 9.30 Å². The molecule has 10 nitrogen and oxygen atoms in total. The number of ether oxygens (including phenoxy) is 1. The smallest absolute Gasteiger partial charge is 0.332 e. The van der Waals surface area contributed by atoms with E-state index in [9.17, 15) is 14.4 Å². The van der Waals surface area contributed by atoms with E-state index in [1.54, 1.807) is 14.2 Å². The van der Waals surface area contributed by atoms with Crippen LogP contribution in [0, 0.1) is 0 Å². The Hall–Kier alpha value is -4.47. The van der Waals surface area contributed by atoms with E-state index in [0.29, 0.717) is 6.42 Å². The average Bonchev–Trinajstić information content (AvgIpc) is 3.52. The summed E-state index contributed by atoms with van der Waals surface area (Å²) in [5.74, 6) is 0.423. The number of benzene rings is 2. The molecule has 0 aliphatic carbocycles. The van der Waals surface area contributed by atoms with Gasteiger partial charge in [0.15, 0.2) is 11.2 Å². The molecule has 0 saturated heterocycles. The third kappa shape index (κ3) is 3.82. The van der Waals surface area contributed by atoms with Crippen LogP contribution in [0.4, 0.5) is 0 Å². The molecule has 0 fully saturated rings. The minimum absolute atomic E-state index is 0.151. The second kappa shape index (κ2) is 8.71. The van der Waals surface area contributed by atoms with Crippen molar-refractivity contribution in [3.05, 3.63) is 92.9 Å². The minimum atomic E-state index is -0.505. The first-order valence-electron chi connectivity index (χ1n) is 11.1. The van der Waals surface area contributed by atoms with E-state index in [1.165, 1.54) is 27.5 Å². The van der Waals surface area contributed by atoms with E-state index in [0.717, 1.165) is 27.2 Å². The Labute approximate surface area is 200 Å². The molecule has 0 radical (unpaired) electrons. The summed E-state index contributed by atoms with van der Waals surface area (Å²) in [5.41, 5.74) is 2.10. The van der Waals surface area contributed by atoms with Crippen LogP contribution in [0.2, 0.25) is 0 Å². The number of carbonyl (C=O) groups is 1. The number of hydrogen-bond donors (Lipinski definition) is 0. The number of imidazole rings is 1. The first-order chi connectivity index (χ1) is 16.9. The quantitative estimate of drug-likeness (QED) is 0.441. The van der Waals surface area contributed by atoms with Crippen molar-refractivity contribution in [1.82, 2.24) is 23.7 Å². The van der Waals surface area contributed by atoms with Gasteiger partial charge >= 0.3 is 5.69 Å². The molecule has 0 unspecified atom stereocenters. The summed E-state index contributed by atoms with van der Waals surface area (Å²) in [6, 6.07) is 17.0. The molecule has 0 bridgehead atoms. The molecule has 0 saturated carbocycles. The highest BCUT2D eigenvalue weighted by Crippen LogP contribution is 2.34. The molecule has 4 aromatic rings. The van der Waals surface area contributed by atoms with Crippen LogP contribution in [0.5, 0.6) is 5.75 Å². The van der Waals surface area contributed by atoms with E-state index in [1.807, 2.05) is 54.6 Å². The first kappa shape index (κ1) is 22.3. The Morgan fingerprint density at radius 1 is 1.03 bits per heavy atom. The molecule has 0 N–H and O–H groups in total. The zero-order chi connectivity index (χ0) is 24.7. The van der Waals surface area contributed by atoms with Gasteiger partial charge in [-0.05, 0) is 23.3 Å². The SMILES string of the molecule is COc1ccc([C@@H]2CC(c3ccccc3)=NN2C(=O)Cn2cnc3c2c(=O)n(C)c(=O)n3C)cc1. The van der Waals surface area contributed by atoms with Gasteiger partial charge in [0.1, 0.15) is 12.3 Å². The van der Waals surface area contributed by atoms with Gasteiger partial charge in [0, 0.05) is 20.5 Å². The first-order valence-corrected chi connectivity index (χ1v) is 11.1. The Morgan fingerprint density at radius 2 is 1.74 bits per heavy atom. The number of hydrogen-bond acceptors (Lipinski definition) is 6. The number of amides is 1. The molecule has 1 atom stereocenters. The van der Waals surface area contributed by atoms with Gasteiger partial charge in [-0.1, -0.05) is 42.5 Å². The molecule has 0 spiro atoms. The van der Waals surface area contributed by atoms with Crippen LogP contribution in [0.15, 0.2) is 75.6 Å². The lowest BCUT2D eigenvalue weighted by Gasteiger charge is -2.22. The normalized spacial score (nSPS) is 15.5. The maximum Gasteiger partial charge on any atom is 0.332 e. The van der Waals surface area contributed by atoms with Gasteiger partial charge in [0.05, 0.1) is 25.2 Å². The zero-order valence-electron chi connectivity index (χ0n) is 19.6. The van der Waals surface area contributed by atoms with Crippen LogP contribution in [0.3, 0.4) is 0 Å². The van der Waals surface area contributed by atoms with Crippen molar-refractivity contribution in [3.8, 4) is 5.75 Å². The fourth-order valence-corrected chi connectivity index (χ4v) is 4.37. The molecule has 2 aromatic heterocycles. The number of hydrazone groups is 1. The predicted octanol–water partition coefficient (Wildman–Crippen LogP) is 1.82. The average molecular weight is 473 g/mol. The van der Waals surface area contributed by atoms with E-state index in [2.05, 4.69) is 10.1 Å². The number of carbonyl (C=O) groups excluding carboxylic acids is 1. The highest BCUT2D eigenvalue weighted by atomic mass is 16.5. The molecule has 1 aliphatic rings.